The number of nitro benzene ring substituents is 1. The number of ether oxygens (including phenoxy) is 1. The molecular weight excluding hydrogens is 288 g/mol. The minimum absolute atomic E-state index is 0.195. The maximum atomic E-state index is 12.2. The van der Waals surface area contributed by atoms with Gasteiger partial charge in [0.15, 0.2) is 4.90 Å². The highest BCUT2D eigenvalue weighted by Crippen LogP contribution is 2.29. The lowest BCUT2D eigenvalue weighted by Crippen LogP contribution is -2.48. The van der Waals surface area contributed by atoms with E-state index in [-0.39, 0.29) is 5.69 Å². The Labute approximate surface area is 115 Å². The number of morpholine rings is 1. The van der Waals surface area contributed by atoms with Crippen molar-refractivity contribution in [3.8, 4) is 0 Å². The summed E-state index contributed by atoms with van der Waals surface area (Å²) in [6.07, 6.45) is 0. The predicted molar refractivity (Wildman–Crippen MR) is 70.2 cm³/mol. The Morgan fingerprint density at radius 1 is 1.35 bits per heavy atom. The van der Waals surface area contributed by atoms with Crippen LogP contribution >= 0.6 is 0 Å². The highest BCUT2D eigenvalue weighted by molar-refractivity contribution is 7.89. The van der Waals surface area contributed by atoms with E-state index in [0.29, 0.717) is 26.3 Å². The fourth-order valence-corrected chi connectivity index (χ4v) is 3.15. The van der Waals surface area contributed by atoms with Crippen LogP contribution in [0.3, 0.4) is 0 Å². The number of hydrogen-bond acceptors (Lipinski definition) is 7. The molecule has 1 aromatic rings. The summed E-state index contributed by atoms with van der Waals surface area (Å²) in [5.74, 6) is 0. The summed E-state index contributed by atoms with van der Waals surface area (Å²) in [5.41, 5.74) is 4.67. The molecule has 1 saturated heterocycles. The average molecular weight is 302 g/mol. The highest BCUT2D eigenvalue weighted by atomic mass is 32.2. The average Bonchev–Trinajstić information content (AvgIpc) is 2.38. The molecule has 0 atom stereocenters. The molecule has 1 aliphatic rings. The zero-order valence-electron chi connectivity index (χ0n) is 10.5. The van der Waals surface area contributed by atoms with Crippen molar-refractivity contribution in [2.24, 2.45) is 0 Å². The van der Waals surface area contributed by atoms with Gasteiger partial charge in [-0.05, 0) is 12.1 Å². The second kappa shape index (κ2) is 5.71. The SMILES string of the molecule is Nc1cccc(S(=O)(=O)NN2CCOCC2)c1[N+](=O)[O-]. The molecule has 1 aromatic carbocycles. The fraction of sp³-hybridized carbons (Fsp3) is 0.400. The van der Waals surface area contributed by atoms with Crippen molar-refractivity contribution in [1.29, 1.82) is 0 Å². The number of benzene rings is 1. The van der Waals surface area contributed by atoms with E-state index < -0.39 is 25.5 Å². The van der Waals surface area contributed by atoms with Crippen LogP contribution in [0.4, 0.5) is 11.4 Å². The van der Waals surface area contributed by atoms with Crippen molar-refractivity contribution >= 4 is 21.4 Å². The van der Waals surface area contributed by atoms with Crippen LogP contribution in [0.1, 0.15) is 0 Å². The van der Waals surface area contributed by atoms with Crippen molar-refractivity contribution < 1.29 is 18.1 Å². The Kier molecular flexibility index (Phi) is 4.18. The van der Waals surface area contributed by atoms with Gasteiger partial charge in [0.2, 0.25) is 0 Å². The molecular formula is C10H14N4O5S. The van der Waals surface area contributed by atoms with E-state index in [9.17, 15) is 18.5 Å². The smallest absolute Gasteiger partial charge is 0.312 e. The lowest BCUT2D eigenvalue weighted by molar-refractivity contribution is -0.386. The van der Waals surface area contributed by atoms with Crippen LogP contribution in [0, 0.1) is 10.1 Å². The highest BCUT2D eigenvalue weighted by Gasteiger charge is 2.29. The first-order valence-electron chi connectivity index (χ1n) is 5.80. The zero-order chi connectivity index (χ0) is 14.8. The van der Waals surface area contributed by atoms with Gasteiger partial charge in [0, 0.05) is 13.1 Å². The van der Waals surface area contributed by atoms with Gasteiger partial charge < -0.3 is 10.5 Å². The number of para-hydroxylation sites is 1. The van der Waals surface area contributed by atoms with Crippen LogP contribution in [0.5, 0.6) is 0 Å². The predicted octanol–water partition coefficient (Wildman–Crippen LogP) is -0.297. The Morgan fingerprint density at radius 2 is 2.00 bits per heavy atom. The van der Waals surface area contributed by atoms with Gasteiger partial charge in [-0.25, -0.2) is 13.4 Å². The number of anilines is 1. The van der Waals surface area contributed by atoms with Gasteiger partial charge in [-0.15, -0.1) is 4.83 Å². The third-order valence-corrected chi connectivity index (χ3v) is 4.17. The first-order valence-corrected chi connectivity index (χ1v) is 7.28. The molecule has 0 unspecified atom stereocenters. The van der Waals surface area contributed by atoms with E-state index in [2.05, 4.69) is 4.83 Å². The number of nitro groups is 1. The van der Waals surface area contributed by atoms with E-state index in [1.54, 1.807) is 0 Å². The molecule has 0 aromatic heterocycles. The number of hydrogen-bond donors (Lipinski definition) is 2. The third-order valence-electron chi connectivity index (χ3n) is 2.76. The number of sulfonamides is 1. The number of nitrogens with zero attached hydrogens (tertiary/aromatic N) is 2. The van der Waals surface area contributed by atoms with Gasteiger partial charge in [-0.2, -0.15) is 0 Å². The van der Waals surface area contributed by atoms with E-state index in [1.165, 1.54) is 17.1 Å². The first-order chi connectivity index (χ1) is 9.42. The molecule has 1 fully saturated rings. The number of hydrazine groups is 1. The van der Waals surface area contributed by atoms with Crippen LogP contribution in [0.25, 0.3) is 0 Å². The third kappa shape index (κ3) is 3.04. The second-order valence-electron chi connectivity index (χ2n) is 4.15. The maximum Gasteiger partial charge on any atom is 0.312 e. The molecule has 0 bridgehead atoms. The zero-order valence-corrected chi connectivity index (χ0v) is 11.3. The topological polar surface area (TPSA) is 128 Å². The van der Waals surface area contributed by atoms with Crippen molar-refractivity contribution in [2.45, 2.75) is 4.90 Å². The monoisotopic (exact) mass is 302 g/mol. The van der Waals surface area contributed by atoms with Crippen molar-refractivity contribution in [3.05, 3.63) is 28.3 Å². The molecule has 0 saturated carbocycles. The fourth-order valence-electron chi connectivity index (χ4n) is 1.83. The maximum absolute atomic E-state index is 12.2. The van der Waals surface area contributed by atoms with Crippen LogP contribution in [0.15, 0.2) is 23.1 Å². The molecule has 110 valence electrons. The van der Waals surface area contributed by atoms with Crippen molar-refractivity contribution in [2.75, 3.05) is 32.0 Å². The number of rotatable bonds is 4. The van der Waals surface area contributed by atoms with E-state index in [4.69, 9.17) is 10.5 Å². The summed E-state index contributed by atoms with van der Waals surface area (Å²) in [5, 5.41) is 12.4. The summed E-state index contributed by atoms with van der Waals surface area (Å²) < 4.78 is 29.5. The molecule has 3 N–H and O–H groups in total. The van der Waals surface area contributed by atoms with Crippen LogP contribution in [-0.2, 0) is 14.8 Å². The normalized spacial score (nSPS) is 17.0. The largest absolute Gasteiger partial charge is 0.393 e. The van der Waals surface area contributed by atoms with Crippen molar-refractivity contribution in [3.63, 3.8) is 0 Å². The number of nitrogens with one attached hydrogen (secondary N) is 1. The quantitative estimate of drug-likeness (QED) is 0.444. The van der Waals surface area contributed by atoms with Gasteiger partial charge >= 0.3 is 5.69 Å². The van der Waals surface area contributed by atoms with Gasteiger partial charge in [0.25, 0.3) is 10.0 Å². The molecule has 0 spiro atoms. The van der Waals surface area contributed by atoms with Gasteiger partial charge in [-0.3, -0.25) is 10.1 Å². The molecule has 0 aliphatic carbocycles. The molecule has 0 radical (unpaired) electrons. The minimum Gasteiger partial charge on any atom is -0.393 e. The summed E-state index contributed by atoms with van der Waals surface area (Å²) in [7, 11) is -4.06. The Hall–Kier alpha value is -1.75. The molecule has 1 heterocycles. The Bertz CT molecular complexity index is 612. The van der Waals surface area contributed by atoms with Gasteiger partial charge in [0.05, 0.1) is 18.1 Å². The molecule has 2 rings (SSSR count). The van der Waals surface area contributed by atoms with Crippen LogP contribution in [0.2, 0.25) is 0 Å². The number of nitrogen functional groups attached to an aromatic ring is 1. The number of nitrogens with two attached hydrogens (primary N) is 1. The van der Waals surface area contributed by atoms with Crippen LogP contribution < -0.4 is 10.6 Å². The van der Waals surface area contributed by atoms with Crippen LogP contribution in [-0.4, -0.2) is 44.7 Å². The van der Waals surface area contributed by atoms with Gasteiger partial charge in [0.1, 0.15) is 5.69 Å². The molecule has 10 heteroatoms. The van der Waals surface area contributed by atoms with E-state index >= 15 is 0 Å². The minimum atomic E-state index is -4.06. The summed E-state index contributed by atoms with van der Waals surface area (Å²) in [4.78, 5) is 12.0. The molecule has 0 amide bonds. The first kappa shape index (κ1) is 14.7. The molecule has 20 heavy (non-hydrogen) atoms. The summed E-state index contributed by atoms with van der Waals surface area (Å²) in [6, 6.07) is 3.79. The Morgan fingerprint density at radius 3 is 2.60 bits per heavy atom. The van der Waals surface area contributed by atoms with Gasteiger partial charge in [-0.1, -0.05) is 6.07 Å². The van der Waals surface area contributed by atoms with E-state index in [1.807, 2.05) is 0 Å². The molecule has 1 aliphatic heterocycles. The Balaban J connectivity index is 2.34. The van der Waals surface area contributed by atoms with Crippen molar-refractivity contribution in [1.82, 2.24) is 9.84 Å². The summed E-state index contributed by atoms with van der Waals surface area (Å²) in [6.45, 7) is 1.52. The lowest BCUT2D eigenvalue weighted by Gasteiger charge is -2.26. The standard InChI is InChI=1S/C10H14N4O5S/c11-8-2-1-3-9(10(8)14(15)16)20(17,18)12-13-4-6-19-7-5-13/h1-3,12H,4-7,11H2. The molecule has 9 nitrogen and oxygen atoms in total. The second-order valence-corrected chi connectivity index (χ2v) is 5.77. The van der Waals surface area contributed by atoms with E-state index in [0.717, 1.165) is 6.07 Å². The summed E-state index contributed by atoms with van der Waals surface area (Å²) >= 11 is 0. The lowest BCUT2D eigenvalue weighted by atomic mass is 10.3.